The Morgan fingerprint density at radius 1 is 1.29 bits per heavy atom. The van der Waals surface area contributed by atoms with Crippen LogP contribution in [0.1, 0.15) is 32.1 Å². The van der Waals surface area contributed by atoms with E-state index in [9.17, 15) is 4.79 Å². The Kier molecular flexibility index (Phi) is 3.40. The molecule has 3 heteroatoms. The first kappa shape index (κ1) is 9.97. The molecule has 1 aliphatic carbocycles. The number of carbonyl (C=O) groups is 1. The van der Waals surface area contributed by atoms with E-state index in [1.54, 1.807) is 0 Å². The van der Waals surface area contributed by atoms with Gasteiger partial charge in [-0.05, 0) is 31.3 Å². The van der Waals surface area contributed by atoms with Crippen molar-refractivity contribution >= 4 is 5.91 Å². The summed E-state index contributed by atoms with van der Waals surface area (Å²) >= 11 is 0. The lowest BCUT2D eigenvalue weighted by Crippen LogP contribution is -2.44. The highest BCUT2D eigenvalue weighted by molar-refractivity contribution is 5.76. The molecule has 14 heavy (non-hydrogen) atoms. The summed E-state index contributed by atoms with van der Waals surface area (Å²) in [6.07, 6.45) is 6.06. The van der Waals surface area contributed by atoms with Gasteiger partial charge in [-0.25, -0.2) is 0 Å². The largest absolute Gasteiger partial charge is 0.356 e. The van der Waals surface area contributed by atoms with Gasteiger partial charge in [0.25, 0.3) is 0 Å². The number of carbonyl (C=O) groups excluding carboxylic acids is 1. The molecule has 1 saturated carbocycles. The van der Waals surface area contributed by atoms with Crippen molar-refractivity contribution in [3.05, 3.63) is 0 Å². The molecular weight excluding hydrogens is 176 g/mol. The SMILES string of the molecule is O=C(CC1CNC1)NCCC1CCC1. The van der Waals surface area contributed by atoms with Gasteiger partial charge in [-0.3, -0.25) is 4.79 Å². The van der Waals surface area contributed by atoms with E-state index in [0.29, 0.717) is 5.92 Å². The van der Waals surface area contributed by atoms with Gasteiger partial charge in [0.15, 0.2) is 0 Å². The molecule has 0 aromatic heterocycles. The van der Waals surface area contributed by atoms with Crippen molar-refractivity contribution in [2.75, 3.05) is 19.6 Å². The van der Waals surface area contributed by atoms with E-state index in [2.05, 4.69) is 10.6 Å². The van der Waals surface area contributed by atoms with Crippen molar-refractivity contribution < 1.29 is 4.79 Å². The number of rotatable bonds is 5. The van der Waals surface area contributed by atoms with Crippen LogP contribution in [0, 0.1) is 11.8 Å². The van der Waals surface area contributed by atoms with Gasteiger partial charge in [0.2, 0.25) is 5.91 Å². The zero-order chi connectivity index (χ0) is 9.80. The van der Waals surface area contributed by atoms with E-state index in [-0.39, 0.29) is 5.91 Å². The summed E-state index contributed by atoms with van der Waals surface area (Å²) in [6.45, 7) is 2.94. The Balaban J connectivity index is 1.48. The van der Waals surface area contributed by atoms with Gasteiger partial charge in [-0.2, -0.15) is 0 Å². The summed E-state index contributed by atoms with van der Waals surface area (Å²) in [5.74, 6) is 1.75. The normalized spacial score (nSPS) is 22.6. The monoisotopic (exact) mass is 196 g/mol. The number of amides is 1. The first-order valence-electron chi connectivity index (χ1n) is 5.82. The van der Waals surface area contributed by atoms with E-state index in [0.717, 1.165) is 32.0 Å². The maximum atomic E-state index is 11.4. The molecule has 2 fully saturated rings. The fraction of sp³-hybridized carbons (Fsp3) is 0.909. The summed E-state index contributed by atoms with van der Waals surface area (Å²) in [5, 5.41) is 6.19. The van der Waals surface area contributed by atoms with Gasteiger partial charge in [-0.15, -0.1) is 0 Å². The third-order valence-corrected chi connectivity index (χ3v) is 3.44. The topological polar surface area (TPSA) is 41.1 Å². The van der Waals surface area contributed by atoms with E-state index in [4.69, 9.17) is 0 Å². The molecule has 0 bridgehead atoms. The maximum Gasteiger partial charge on any atom is 0.220 e. The predicted octanol–water partition coefficient (Wildman–Crippen LogP) is 0.902. The average Bonchev–Trinajstić information content (AvgIpc) is 2.02. The molecule has 0 aromatic carbocycles. The van der Waals surface area contributed by atoms with Crippen LogP contribution < -0.4 is 10.6 Å². The van der Waals surface area contributed by atoms with Crippen molar-refractivity contribution in [2.45, 2.75) is 32.1 Å². The Morgan fingerprint density at radius 2 is 2.07 bits per heavy atom. The maximum absolute atomic E-state index is 11.4. The molecule has 1 aliphatic heterocycles. The fourth-order valence-electron chi connectivity index (χ4n) is 2.02. The summed E-state index contributed by atoms with van der Waals surface area (Å²) in [7, 11) is 0. The van der Waals surface area contributed by atoms with Crippen LogP contribution in [0.4, 0.5) is 0 Å². The molecule has 3 nitrogen and oxygen atoms in total. The molecule has 0 aromatic rings. The molecule has 2 aliphatic rings. The summed E-state index contributed by atoms with van der Waals surface area (Å²) < 4.78 is 0. The molecule has 2 N–H and O–H groups in total. The number of nitrogens with one attached hydrogen (secondary N) is 2. The van der Waals surface area contributed by atoms with Crippen molar-refractivity contribution in [1.82, 2.24) is 10.6 Å². The van der Waals surface area contributed by atoms with E-state index >= 15 is 0 Å². The minimum Gasteiger partial charge on any atom is -0.356 e. The van der Waals surface area contributed by atoms with Crippen LogP contribution in [0.2, 0.25) is 0 Å². The highest BCUT2D eigenvalue weighted by Gasteiger charge is 2.20. The van der Waals surface area contributed by atoms with Crippen LogP contribution in [0.3, 0.4) is 0 Å². The van der Waals surface area contributed by atoms with Crippen LogP contribution in [-0.4, -0.2) is 25.5 Å². The smallest absolute Gasteiger partial charge is 0.220 e. The van der Waals surface area contributed by atoms with Crippen molar-refractivity contribution in [1.29, 1.82) is 0 Å². The van der Waals surface area contributed by atoms with Crippen LogP contribution >= 0.6 is 0 Å². The minimum atomic E-state index is 0.246. The molecule has 1 saturated heterocycles. The molecule has 0 spiro atoms. The lowest BCUT2D eigenvalue weighted by Gasteiger charge is -2.27. The van der Waals surface area contributed by atoms with Crippen LogP contribution in [0.25, 0.3) is 0 Å². The lowest BCUT2D eigenvalue weighted by atomic mass is 9.83. The van der Waals surface area contributed by atoms with Gasteiger partial charge < -0.3 is 10.6 Å². The molecular formula is C11H20N2O. The Labute approximate surface area is 85.6 Å². The molecule has 1 amide bonds. The standard InChI is InChI=1S/C11H20N2O/c14-11(6-10-7-12-8-10)13-5-4-9-2-1-3-9/h9-10,12H,1-8H2,(H,13,14). The van der Waals surface area contributed by atoms with Crippen LogP contribution in [0.5, 0.6) is 0 Å². The predicted molar refractivity (Wildman–Crippen MR) is 55.9 cm³/mol. The zero-order valence-corrected chi connectivity index (χ0v) is 8.72. The zero-order valence-electron chi connectivity index (χ0n) is 8.72. The Hall–Kier alpha value is -0.570. The molecule has 0 radical (unpaired) electrons. The van der Waals surface area contributed by atoms with Gasteiger partial charge in [0, 0.05) is 13.0 Å². The Morgan fingerprint density at radius 3 is 2.57 bits per heavy atom. The highest BCUT2D eigenvalue weighted by atomic mass is 16.1. The lowest BCUT2D eigenvalue weighted by molar-refractivity contribution is -0.122. The quantitative estimate of drug-likeness (QED) is 0.686. The van der Waals surface area contributed by atoms with Gasteiger partial charge in [0.05, 0.1) is 0 Å². The van der Waals surface area contributed by atoms with Crippen LogP contribution in [0.15, 0.2) is 0 Å². The molecule has 0 unspecified atom stereocenters. The van der Waals surface area contributed by atoms with Gasteiger partial charge >= 0.3 is 0 Å². The molecule has 80 valence electrons. The minimum absolute atomic E-state index is 0.246. The third-order valence-electron chi connectivity index (χ3n) is 3.44. The Bertz CT molecular complexity index is 197. The van der Waals surface area contributed by atoms with E-state index in [1.807, 2.05) is 0 Å². The number of hydrogen-bond acceptors (Lipinski definition) is 2. The highest BCUT2D eigenvalue weighted by Crippen LogP contribution is 2.28. The molecule has 1 heterocycles. The van der Waals surface area contributed by atoms with Crippen molar-refractivity contribution in [3.63, 3.8) is 0 Å². The van der Waals surface area contributed by atoms with Crippen molar-refractivity contribution in [3.8, 4) is 0 Å². The summed E-state index contributed by atoms with van der Waals surface area (Å²) in [6, 6.07) is 0. The summed E-state index contributed by atoms with van der Waals surface area (Å²) in [5.41, 5.74) is 0. The number of hydrogen-bond donors (Lipinski definition) is 2. The second-order valence-corrected chi connectivity index (χ2v) is 4.66. The second-order valence-electron chi connectivity index (χ2n) is 4.66. The van der Waals surface area contributed by atoms with E-state index < -0.39 is 0 Å². The first-order valence-corrected chi connectivity index (χ1v) is 5.82. The van der Waals surface area contributed by atoms with E-state index in [1.165, 1.54) is 25.7 Å². The van der Waals surface area contributed by atoms with Gasteiger partial charge in [0.1, 0.15) is 0 Å². The fourth-order valence-corrected chi connectivity index (χ4v) is 2.02. The third kappa shape index (κ3) is 2.71. The van der Waals surface area contributed by atoms with Crippen LogP contribution in [-0.2, 0) is 4.79 Å². The second kappa shape index (κ2) is 4.78. The average molecular weight is 196 g/mol. The van der Waals surface area contributed by atoms with Crippen molar-refractivity contribution in [2.24, 2.45) is 11.8 Å². The first-order chi connectivity index (χ1) is 6.84. The summed E-state index contributed by atoms with van der Waals surface area (Å²) in [4.78, 5) is 11.4. The molecule has 0 atom stereocenters. The molecule has 2 rings (SSSR count). The van der Waals surface area contributed by atoms with Gasteiger partial charge in [-0.1, -0.05) is 19.3 Å².